The van der Waals surface area contributed by atoms with Crippen molar-refractivity contribution in [3.8, 4) is 0 Å². The maximum atomic E-state index is 5.84. The van der Waals surface area contributed by atoms with Crippen molar-refractivity contribution in [2.75, 3.05) is 39.2 Å². The molecule has 0 unspecified atom stereocenters. The number of hydrogen-bond donors (Lipinski definition) is 1. The van der Waals surface area contributed by atoms with E-state index in [1.54, 1.807) is 7.11 Å². The molecule has 1 aliphatic carbocycles. The molecule has 0 radical (unpaired) electrons. The van der Waals surface area contributed by atoms with Crippen molar-refractivity contribution in [2.45, 2.75) is 31.8 Å². The minimum atomic E-state index is 0.676. The lowest BCUT2D eigenvalue weighted by atomic mass is 10.2. The van der Waals surface area contributed by atoms with Gasteiger partial charge in [-0.3, -0.25) is 4.90 Å². The lowest BCUT2D eigenvalue weighted by molar-refractivity contribution is 0.0644. The third kappa shape index (κ3) is 5.49. The van der Waals surface area contributed by atoms with Crippen LogP contribution >= 0.6 is 0 Å². The summed E-state index contributed by atoms with van der Waals surface area (Å²) >= 11 is 0. The molecule has 0 amide bonds. The molecule has 1 fully saturated rings. The molecular weight excluding hydrogens is 252 g/mol. The molecular formula is C16H26N2O2. The number of benzene rings is 1. The van der Waals surface area contributed by atoms with Gasteiger partial charge in [0.15, 0.2) is 0 Å². The maximum absolute atomic E-state index is 5.84. The fourth-order valence-corrected chi connectivity index (χ4v) is 2.37. The predicted molar refractivity (Wildman–Crippen MR) is 81.6 cm³/mol. The second kappa shape index (κ2) is 8.25. The number of nitrogen functional groups attached to an aromatic ring is 1. The monoisotopic (exact) mass is 278 g/mol. The summed E-state index contributed by atoms with van der Waals surface area (Å²) in [6.07, 6.45) is 3.72. The molecule has 1 aliphatic rings. The number of nitrogens with two attached hydrogens (primary N) is 1. The van der Waals surface area contributed by atoms with Gasteiger partial charge in [-0.25, -0.2) is 0 Å². The fraction of sp³-hybridized carbons (Fsp3) is 0.625. The van der Waals surface area contributed by atoms with Gasteiger partial charge in [0.1, 0.15) is 0 Å². The smallest absolute Gasteiger partial charge is 0.0700 e. The van der Waals surface area contributed by atoms with Crippen molar-refractivity contribution in [3.63, 3.8) is 0 Å². The van der Waals surface area contributed by atoms with Crippen LogP contribution in [0, 0.1) is 0 Å². The van der Waals surface area contributed by atoms with E-state index in [1.807, 2.05) is 12.1 Å². The van der Waals surface area contributed by atoms with E-state index in [0.717, 1.165) is 37.8 Å². The van der Waals surface area contributed by atoms with Gasteiger partial charge in [-0.05, 0) is 37.0 Å². The van der Waals surface area contributed by atoms with Gasteiger partial charge in [-0.2, -0.15) is 0 Å². The lowest BCUT2D eigenvalue weighted by Gasteiger charge is -2.22. The Labute approximate surface area is 121 Å². The average Bonchev–Trinajstić information content (AvgIpc) is 3.26. The minimum Gasteiger partial charge on any atom is -0.399 e. The molecule has 1 aromatic rings. The van der Waals surface area contributed by atoms with Crippen molar-refractivity contribution in [1.29, 1.82) is 0 Å². The highest BCUT2D eigenvalue weighted by molar-refractivity contribution is 5.40. The van der Waals surface area contributed by atoms with Crippen LogP contribution < -0.4 is 5.73 Å². The Morgan fingerprint density at radius 1 is 1.25 bits per heavy atom. The molecule has 4 heteroatoms. The standard InChI is InChI=1S/C16H26N2O2/c1-19-10-11-20-9-3-8-18(16-6-7-16)13-14-4-2-5-15(17)12-14/h2,4-5,12,16H,3,6-11,13,17H2,1H3. The summed E-state index contributed by atoms with van der Waals surface area (Å²) in [6, 6.07) is 8.96. The Hall–Kier alpha value is -1.10. The zero-order valence-corrected chi connectivity index (χ0v) is 12.4. The topological polar surface area (TPSA) is 47.7 Å². The van der Waals surface area contributed by atoms with E-state index in [9.17, 15) is 0 Å². The normalized spacial score (nSPS) is 14.9. The number of methoxy groups -OCH3 is 1. The second-order valence-electron chi connectivity index (χ2n) is 5.41. The maximum Gasteiger partial charge on any atom is 0.0700 e. The van der Waals surface area contributed by atoms with Gasteiger partial charge in [0.25, 0.3) is 0 Å². The van der Waals surface area contributed by atoms with Gasteiger partial charge >= 0.3 is 0 Å². The highest BCUT2D eigenvalue weighted by Crippen LogP contribution is 2.28. The number of hydrogen-bond acceptors (Lipinski definition) is 4. The summed E-state index contributed by atoms with van der Waals surface area (Å²) in [5, 5.41) is 0. The van der Waals surface area contributed by atoms with Crippen LogP contribution in [-0.2, 0) is 16.0 Å². The third-order valence-electron chi connectivity index (χ3n) is 3.57. The van der Waals surface area contributed by atoms with E-state index < -0.39 is 0 Å². The highest BCUT2D eigenvalue weighted by Gasteiger charge is 2.28. The van der Waals surface area contributed by atoms with E-state index in [2.05, 4.69) is 17.0 Å². The second-order valence-corrected chi connectivity index (χ2v) is 5.41. The number of nitrogens with zero attached hydrogens (tertiary/aromatic N) is 1. The Morgan fingerprint density at radius 2 is 2.10 bits per heavy atom. The van der Waals surface area contributed by atoms with Crippen molar-refractivity contribution >= 4 is 5.69 Å². The molecule has 2 N–H and O–H groups in total. The van der Waals surface area contributed by atoms with E-state index in [1.165, 1.54) is 18.4 Å². The Bertz CT molecular complexity index is 394. The summed E-state index contributed by atoms with van der Waals surface area (Å²) in [7, 11) is 1.70. The van der Waals surface area contributed by atoms with Gasteiger partial charge in [0.05, 0.1) is 13.2 Å². The summed E-state index contributed by atoms with van der Waals surface area (Å²) in [6.45, 7) is 4.26. The number of anilines is 1. The molecule has 4 nitrogen and oxygen atoms in total. The van der Waals surface area contributed by atoms with E-state index in [-0.39, 0.29) is 0 Å². The van der Waals surface area contributed by atoms with Crippen LogP contribution in [0.4, 0.5) is 5.69 Å². The van der Waals surface area contributed by atoms with Crippen LogP contribution in [0.3, 0.4) is 0 Å². The fourth-order valence-electron chi connectivity index (χ4n) is 2.37. The van der Waals surface area contributed by atoms with Gasteiger partial charge in [0, 0.05) is 38.5 Å². The molecule has 20 heavy (non-hydrogen) atoms. The summed E-state index contributed by atoms with van der Waals surface area (Å²) in [5.41, 5.74) is 8.00. The van der Waals surface area contributed by atoms with Gasteiger partial charge in [0.2, 0.25) is 0 Å². The molecule has 0 bridgehead atoms. The van der Waals surface area contributed by atoms with Crippen LogP contribution in [0.1, 0.15) is 24.8 Å². The van der Waals surface area contributed by atoms with E-state index in [0.29, 0.717) is 13.2 Å². The Morgan fingerprint density at radius 3 is 2.80 bits per heavy atom. The number of ether oxygens (including phenoxy) is 2. The summed E-state index contributed by atoms with van der Waals surface area (Å²) < 4.78 is 10.5. The molecule has 0 spiro atoms. The zero-order valence-electron chi connectivity index (χ0n) is 12.4. The predicted octanol–water partition coefficient (Wildman–Crippen LogP) is 2.29. The van der Waals surface area contributed by atoms with E-state index in [4.69, 9.17) is 15.2 Å². The van der Waals surface area contributed by atoms with Crippen LogP contribution in [0.2, 0.25) is 0 Å². The first-order valence-electron chi connectivity index (χ1n) is 7.45. The molecule has 0 atom stereocenters. The quantitative estimate of drug-likeness (QED) is 0.527. The molecule has 112 valence electrons. The van der Waals surface area contributed by atoms with Gasteiger partial charge in [-0.1, -0.05) is 12.1 Å². The summed E-state index contributed by atoms with van der Waals surface area (Å²) in [5.74, 6) is 0. The van der Waals surface area contributed by atoms with Crippen molar-refractivity contribution in [3.05, 3.63) is 29.8 Å². The SMILES string of the molecule is COCCOCCCN(Cc1cccc(N)c1)C1CC1. The minimum absolute atomic E-state index is 0.676. The van der Waals surface area contributed by atoms with Crippen LogP contribution in [0.25, 0.3) is 0 Å². The highest BCUT2D eigenvalue weighted by atomic mass is 16.5. The van der Waals surface area contributed by atoms with Gasteiger partial charge in [-0.15, -0.1) is 0 Å². The molecule has 2 rings (SSSR count). The zero-order chi connectivity index (χ0) is 14.2. The first kappa shape index (κ1) is 15.3. The Balaban J connectivity index is 1.71. The lowest BCUT2D eigenvalue weighted by Crippen LogP contribution is -2.27. The van der Waals surface area contributed by atoms with Crippen LogP contribution in [-0.4, -0.2) is 44.4 Å². The van der Waals surface area contributed by atoms with Crippen LogP contribution in [0.5, 0.6) is 0 Å². The molecule has 0 saturated heterocycles. The third-order valence-corrected chi connectivity index (χ3v) is 3.57. The van der Waals surface area contributed by atoms with Crippen LogP contribution in [0.15, 0.2) is 24.3 Å². The Kier molecular flexibility index (Phi) is 6.30. The van der Waals surface area contributed by atoms with Gasteiger partial charge < -0.3 is 15.2 Å². The molecule has 0 aromatic heterocycles. The van der Waals surface area contributed by atoms with Crippen molar-refractivity contribution < 1.29 is 9.47 Å². The molecule has 1 saturated carbocycles. The molecule has 0 aliphatic heterocycles. The summed E-state index contributed by atoms with van der Waals surface area (Å²) in [4.78, 5) is 2.55. The largest absolute Gasteiger partial charge is 0.399 e. The first-order chi connectivity index (χ1) is 9.79. The average molecular weight is 278 g/mol. The number of rotatable bonds is 10. The first-order valence-corrected chi connectivity index (χ1v) is 7.45. The van der Waals surface area contributed by atoms with E-state index >= 15 is 0 Å². The van der Waals surface area contributed by atoms with Crippen molar-refractivity contribution in [1.82, 2.24) is 4.90 Å². The van der Waals surface area contributed by atoms with Crippen molar-refractivity contribution in [2.24, 2.45) is 0 Å². The molecule has 1 aromatic carbocycles. The molecule has 0 heterocycles.